The van der Waals surface area contributed by atoms with Crippen molar-refractivity contribution < 1.29 is 9.90 Å². The Hall–Kier alpha value is -1.20. The van der Waals surface area contributed by atoms with Crippen molar-refractivity contribution in [3.63, 3.8) is 0 Å². The average Bonchev–Trinajstić information content (AvgIpc) is 2.24. The Labute approximate surface area is 104 Å². The third-order valence-electron chi connectivity index (χ3n) is 3.14. The molecule has 0 aliphatic carbocycles. The zero-order valence-electron chi connectivity index (χ0n) is 9.72. The quantitative estimate of drug-likeness (QED) is 0.855. The Bertz CT molecular complexity index is 427. The normalized spacial score (nSPS) is 18.1. The third-order valence-corrected chi connectivity index (χ3v) is 3.34. The summed E-state index contributed by atoms with van der Waals surface area (Å²) in [4.78, 5) is 13.5. The molecule has 0 unspecified atom stereocenters. The maximum absolute atomic E-state index is 11.9. The van der Waals surface area contributed by atoms with Crippen LogP contribution >= 0.6 is 11.6 Å². The van der Waals surface area contributed by atoms with Gasteiger partial charge in [-0.15, -0.1) is 10.2 Å². The van der Waals surface area contributed by atoms with Crippen LogP contribution in [0.5, 0.6) is 0 Å². The SMILES string of the molecule is CC(C)C1(O)CN(C(=O)c2ccc(Cl)nn2)C1. The second-order valence-corrected chi connectivity index (χ2v) is 5.05. The Morgan fingerprint density at radius 2 is 2.12 bits per heavy atom. The smallest absolute Gasteiger partial charge is 0.274 e. The Morgan fingerprint density at radius 1 is 1.47 bits per heavy atom. The van der Waals surface area contributed by atoms with Crippen LogP contribution in [0.2, 0.25) is 5.15 Å². The van der Waals surface area contributed by atoms with Crippen LogP contribution in [0.3, 0.4) is 0 Å². The summed E-state index contributed by atoms with van der Waals surface area (Å²) in [6.45, 7) is 4.55. The van der Waals surface area contributed by atoms with E-state index in [-0.39, 0.29) is 22.7 Å². The predicted octanol–water partition coefficient (Wildman–Crippen LogP) is 0.973. The summed E-state index contributed by atoms with van der Waals surface area (Å²) in [6, 6.07) is 3.06. The van der Waals surface area contributed by atoms with E-state index in [1.165, 1.54) is 12.1 Å². The molecule has 2 heterocycles. The van der Waals surface area contributed by atoms with E-state index in [1.807, 2.05) is 13.8 Å². The van der Waals surface area contributed by atoms with Gasteiger partial charge in [-0.05, 0) is 18.1 Å². The number of nitrogens with zero attached hydrogens (tertiary/aromatic N) is 3. The molecule has 0 bridgehead atoms. The highest BCUT2D eigenvalue weighted by atomic mass is 35.5. The molecule has 6 heteroatoms. The molecule has 0 atom stereocenters. The van der Waals surface area contributed by atoms with Crippen LogP contribution in [0, 0.1) is 5.92 Å². The Balaban J connectivity index is 2.02. The second kappa shape index (κ2) is 4.23. The highest BCUT2D eigenvalue weighted by Gasteiger charge is 2.46. The minimum atomic E-state index is -0.768. The zero-order chi connectivity index (χ0) is 12.6. The fourth-order valence-electron chi connectivity index (χ4n) is 1.72. The minimum Gasteiger partial charge on any atom is -0.386 e. The van der Waals surface area contributed by atoms with E-state index < -0.39 is 5.60 Å². The summed E-state index contributed by atoms with van der Waals surface area (Å²) in [6.07, 6.45) is 0. The van der Waals surface area contributed by atoms with E-state index in [0.717, 1.165) is 0 Å². The van der Waals surface area contributed by atoms with Crippen molar-refractivity contribution in [3.05, 3.63) is 23.0 Å². The van der Waals surface area contributed by atoms with Crippen molar-refractivity contribution in [3.8, 4) is 0 Å². The molecule has 17 heavy (non-hydrogen) atoms. The van der Waals surface area contributed by atoms with E-state index in [1.54, 1.807) is 4.90 Å². The van der Waals surface area contributed by atoms with Gasteiger partial charge in [-0.1, -0.05) is 25.4 Å². The van der Waals surface area contributed by atoms with Gasteiger partial charge < -0.3 is 10.0 Å². The summed E-state index contributed by atoms with van der Waals surface area (Å²) in [5, 5.41) is 17.6. The summed E-state index contributed by atoms with van der Waals surface area (Å²) >= 11 is 5.59. The molecule has 1 N–H and O–H groups in total. The number of likely N-dealkylation sites (tertiary alicyclic amines) is 1. The van der Waals surface area contributed by atoms with E-state index in [4.69, 9.17) is 11.6 Å². The van der Waals surface area contributed by atoms with Crippen molar-refractivity contribution in [2.75, 3.05) is 13.1 Å². The molecule has 1 saturated heterocycles. The van der Waals surface area contributed by atoms with Gasteiger partial charge in [-0.25, -0.2) is 0 Å². The highest BCUT2D eigenvalue weighted by Crippen LogP contribution is 2.29. The molecule has 5 nitrogen and oxygen atoms in total. The molecule has 2 rings (SSSR count). The van der Waals surface area contributed by atoms with E-state index in [0.29, 0.717) is 13.1 Å². The first-order valence-electron chi connectivity index (χ1n) is 5.43. The number of aliphatic hydroxyl groups is 1. The molecule has 0 aromatic carbocycles. The van der Waals surface area contributed by atoms with Crippen LogP contribution in [0.1, 0.15) is 24.3 Å². The molecule has 1 aliphatic heterocycles. The summed E-state index contributed by atoms with van der Waals surface area (Å²) < 4.78 is 0. The monoisotopic (exact) mass is 255 g/mol. The van der Waals surface area contributed by atoms with Crippen molar-refractivity contribution in [2.24, 2.45) is 5.92 Å². The van der Waals surface area contributed by atoms with Gasteiger partial charge in [0.25, 0.3) is 5.91 Å². The molecule has 92 valence electrons. The van der Waals surface area contributed by atoms with Crippen molar-refractivity contribution >= 4 is 17.5 Å². The minimum absolute atomic E-state index is 0.128. The number of hydrogen-bond acceptors (Lipinski definition) is 4. The fourth-order valence-corrected chi connectivity index (χ4v) is 1.82. The number of carbonyl (C=O) groups excluding carboxylic acids is 1. The maximum Gasteiger partial charge on any atom is 0.274 e. The van der Waals surface area contributed by atoms with Gasteiger partial charge in [0.1, 0.15) is 5.60 Å². The molecule has 1 fully saturated rings. The Kier molecular flexibility index (Phi) is 3.05. The van der Waals surface area contributed by atoms with Gasteiger partial charge in [0.15, 0.2) is 10.8 Å². The fraction of sp³-hybridized carbons (Fsp3) is 0.545. The van der Waals surface area contributed by atoms with Crippen molar-refractivity contribution in [2.45, 2.75) is 19.4 Å². The highest BCUT2D eigenvalue weighted by molar-refractivity contribution is 6.29. The van der Waals surface area contributed by atoms with Crippen LogP contribution in [0.25, 0.3) is 0 Å². The number of rotatable bonds is 2. The standard InChI is InChI=1S/C11H14ClN3O2/c1-7(2)11(17)5-15(6-11)10(16)8-3-4-9(12)14-13-8/h3-4,7,17H,5-6H2,1-2H3. The number of amides is 1. The van der Waals surface area contributed by atoms with Crippen LogP contribution in [0.4, 0.5) is 0 Å². The third kappa shape index (κ3) is 2.25. The van der Waals surface area contributed by atoms with Crippen LogP contribution in [0.15, 0.2) is 12.1 Å². The van der Waals surface area contributed by atoms with Gasteiger partial charge in [0.05, 0.1) is 13.1 Å². The largest absolute Gasteiger partial charge is 0.386 e. The average molecular weight is 256 g/mol. The number of carbonyl (C=O) groups is 1. The molecule has 0 radical (unpaired) electrons. The lowest BCUT2D eigenvalue weighted by Gasteiger charge is -2.48. The van der Waals surface area contributed by atoms with Gasteiger partial charge in [0, 0.05) is 0 Å². The van der Waals surface area contributed by atoms with Gasteiger partial charge >= 0.3 is 0 Å². The number of β-amino-alcohol motifs (C(OH)–C–C–N with tert-alkyl or cyclic N) is 1. The van der Waals surface area contributed by atoms with Crippen LogP contribution in [-0.4, -0.2) is 44.8 Å². The second-order valence-electron chi connectivity index (χ2n) is 4.66. The van der Waals surface area contributed by atoms with Crippen molar-refractivity contribution in [1.82, 2.24) is 15.1 Å². The molecule has 1 amide bonds. The lowest BCUT2D eigenvalue weighted by molar-refractivity contribution is -0.111. The molecule has 1 aromatic rings. The molecule has 1 aromatic heterocycles. The lowest BCUT2D eigenvalue weighted by Crippen LogP contribution is -2.66. The summed E-state index contributed by atoms with van der Waals surface area (Å²) in [7, 11) is 0. The van der Waals surface area contributed by atoms with Gasteiger partial charge in [-0.2, -0.15) is 0 Å². The molecule has 0 spiro atoms. The van der Waals surface area contributed by atoms with Gasteiger partial charge in [0.2, 0.25) is 0 Å². The van der Waals surface area contributed by atoms with Gasteiger partial charge in [-0.3, -0.25) is 4.79 Å². The first-order valence-corrected chi connectivity index (χ1v) is 5.81. The maximum atomic E-state index is 11.9. The van der Waals surface area contributed by atoms with Crippen LogP contribution in [-0.2, 0) is 0 Å². The number of halogens is 1. The summed E-state index contributed by atoms with van der Waals surface area (Å²) in [5.74, 6) is -0.0951. The van der Waals surface area contributed by atoms with Crippen molar-refractivity contribution in [1.29, 1.82) is 0 Å². The lowest BCUT2D eigenvalue weighted by atomic mass is 9.83. The molecular weight excluding hydrogens is 242 g/mol. The first kappa shape index (κ1) is 12.3. The molecular formula is C11H14ClN3O2. The zero-order valence-corrected chi connectivity index (χ0v) is 10.5. The summed E-state index contributed by atoms with van der Waals surface area (Å²) in [5.41, 5.74) is -0.518. The Morgan fingerprint density at radius 3 is 2.59 bits per heavy atom. The van der Waals surface area contributed by atoms with E-state index in [2.05, 4.69) is 10.2 Å². The first-order chi connectivity index (χ1) is 7.92. The van der Waals surface area contributed by atoms with E-state index in [9.17, 15) is 9.90 Å². The number of hydrogen-bond donors (Lipinski definition) is 1. The predicted molar refractivity (Wildman–Crippen MR) is 62.7 cm³/mol. The molecule has 0 saturated carbocycles. The van der Waals surface area contributed by atoms with Crippen LogP contribution < -0.4 is 0 Å². The van der Waals surface area contributed by atoms with E-state index >= 15 is 0 Å². The topological polar surface area (TPSA) is 66.3 Å². The molecule has 1 aliphatic rings. The number of aromatic nitrogens is 2.